The topological polar surface area (TPSA) is 88.8 Å². The van der Waals surface area contributed by atoms with Crippen molar-refractivity contribution < 1.29 is 4.79 Å². The van der Waals surface area contributed by atoms with Crippen LogP contribution in [-0.4, -0.2) is 48.4 Å². The Morgan fingerprint density at radius 1 is 1.12 bits per heavy atom. The van der Waals surface area contributed by atoms with Gasteiger partial charge in [-0.3, -0.25) is 9.36 Å². The van der Waals surface area contributed by atoms with Crippen LogP contribution in [-0.2, 0) is 11.2 Å². The van der Waals surface area contributed by atoms with Crippen LogP contribution in [0.4, 0.5) is 5.82 Å². The lowest BCUT2D eigenvalue weighted by Crippen LogP contribution is -2.31. The number of aromatic nitrogens is 5. The highest BCUT2D eigenvalue weighted by Crippen LogP contribution is 2.32. The van der Waals surface area contributed by atoms with Gasteiger partial charge in [-0.25, -0.2) is 19.9 Å². The molecule has 0 radical (unpaired) electrons. The molecule has 1 amide bonds. The van der Waals surface area contributed by atoms with Gasteiger partial charge in [-0.05, 0) is 43.5 Å². The molecule has 174 valence electrons. The van der Waals surface area contributed by atoms with Crippen LogP contribution in [0.2, 0.25) is 0 Å². The first-order chi connectivity index (χ1) is 16.7. The molecule has 0 aliphatic carbocycles. The van der Waals surface area contributed by atoms with Crippen molar-refractivity contribution in [3.63, 3.8) is 0 Å². The Hall–Kier alpha value is -3.81. The Bertz CT molecular complexity index is 1280. The summed E-state index contributed by atoms with van der Waals surface area (Å²) in [5, 5.41) is 4.36. The first-order valence-electron chi connectivity index (χ1n) is 12.0. The summed E-state index contributed by atoms with van der Waals surface area (Å²) in [5.74, 6) is 2.82. The van der Waals surface area contributed by atoms with E-state index in [9.17, 15) is 4.79 Å². The number of rotatable bonds is 8. The van der Waals surface area contributed by atoms with Crippen LogP contribution in [0.1, 0.15) is 50.2 Å². The van der Waals surface area contributed by atoms with Gasteiger partial charge in [-0.2, -0.15) is 0 Å². The molecule has 8 heteroatoms. The second-order valence-electron chi connectivity index (χ2n) is 8.50. The van der Waals surface area contributed by atoms with E-state index in [1.807, 2.05) is 58.1 Å². The molecular weight excluding hydrogens is 426 g/mol. The third-order valence-corrected chi connectivity index (χ3v) is 6.35. The van der Waals surface area contributed by atoms with E-state index >= 15 is 0 Å². The van der Waals surface area contributed by atoms with Gasteiger partial charge >= 0.3 is 0 Å². The predicted molar refractivity (Wildman–Crippen MR) is 132 cm³/mol. The minimum absolute atomic E-state index is 0.0276. The van der Waals surface area contributed by atoms with Crippen LogP contribution in [0.15, 0.2) is 61.2 Å². The van der Waals surface area contributed by atoms with E-state index in [1.54, 1.807) is 12.5 Å². The van der Waals surface area contributed by atoms with Crippen molar-refractivity contribution in [3.05, 3.63) is 72.7 Å². The minimum Gasteiger partial charge on any atom is -0.369 e. The third-order valence-electron chi connectivity index (χ3n) is 6.35. The molecule has 1 aromatic carbocycles. The second kappa shape index (κ2) is 9.99. The quantitative estimate of drug-likeness (QED) is 0.398. The minimum atomic E-state index is 0.0276. The maximum Gasteiger partial charge on any atom is 0.223 e. The van der Waals surface area contributed by atoms with Crippen molar-refractivity contribution in [2.75, 3.05) is 18.4 Å². The van der Waals surface area contributed by atoms with Crippen LogP contribution in [0.5, 0.6) is 0 Å². The summed E-state index contributed by atoms with van der Waals surface area (Å²) in [6.45, 7) is 3.55. The van der Waals surface area contributed by atoms with Gasteiger partial charge in [0.1, 0.15) is 23.8 Å². The van der Waals surface area contributed by atoms with Gasteiger partial charge in [-0.15, -0.1) is 0 Å². The number of fused-ring (bicyclic) bond motifs is 1. The fourth-order valence-electron chi connectivity index (χ4n) is 4.67. The standard InChI is InChI=1S/C26H29N7O/c1-2-23-27-15-17-33(23)24-12-5-10-21(31-24)22-11-7-16-32(22)25(34)13-6-14-28-26-19-8-3-4-9-20(19)29-18-30-26/h3-5,8-10,12,15,17-18,22H,2,6-7,11,13-14,16H2,1H3,(H,28,29,30)/t22-/m1/s1. The lowest BCUT2D eigenvalue weighted by atomic mass is 10.1. The average Bonchev–Trinajstić information content (AvgIpc) is 3.56. The maximum atomic E-state index is 13.1. The third kappa shape index (κ3) is 4.48. The summed E-state index contributed by atoms with van der Waals surface area (Å²) in [6, 6.07) is 14.0. The number of anilines is 1. The number of pyridine rings is 1. The molecule has 0 saturated carbocycles. The number of hydrogen-bond donors (Lipinski definition) is 1. The lowest BCUT2D eigenvalue weighted by Gasteiger charge is -2.25. The van der Waals surface area contributed by atoms with Crippen LogP contribution in [0.25, 0.3) is 16.7 Å². The summed E-state index contributed by atoms with van der Waals surface area (Å²) < 4.78 is 2.02. The lowest BCUT2D eigenvalue weighted by molar-refractivity contribution is -0.132. The SMILES string of the molecule is CCc1nccn1-c1cccc([C@H]2CCCN2C(=O)CCCNc2ncnc3ccccc23)n1. The number of benzene rings is 1. The molecule has 8 nitrogen and oxygen atoms in total. The predicted octanol–water partition coefficient (Wildman–Crippen LogP) is 4.33. The molecule has 4 heterocycles. The monoisotopic (exact) mass is 455 g/mol. The van der Waals surface area contributed by atoms with E-state index in [2.05, 4.69) is 27.2 Å². The Labute approximate surface area is 199 Å². The highest BCUT2D eigenvalue weighted by atomic mass is 16.2. The molecule has 0 bridgehead atoms. The van der Waals surface area contributed by atoms with Crippen molar-refractivity contribution in [1.29, 1.82) is 0 Å². The van der Waals surface area contributed by atoms with Crippen LogP contribution >= 0.6 is 0 Å². The van der Waals surface area contributed by atoms with E-state index in [4.69, 9.17) is 4.98 Å². The fourth-order valence-corrected chi connectivity index (χ4v) is 4.67. The number of nitrogens with zero attached hydrogens (tertiary/aromatic N) is 6. The van der Waals surface area contributed by atoms with Crippen LogP contribution < -0.4 is 5.32 Å². The molecule has 1 fully saturated rings. The Balaban J connectivity index is 1.21. The number of imidazole rings is 1. The van der Waals surface area contributed by atoms with Crippen molar-refractivity contribution in [2.45, 2.75) is 45.1 Å². The molecule has 0 unspecified atom stereocenters. The molecule has 34 heavy (non-hydrogen) atoms. The highest BCUT2D eigenvalue weighted by molar-refractivity contribution is 5.88. The zero-order valence-corrected chi connectivity index (χ0v) is 19.4. The first-order valence-corrected chi connectivity index (χ1v) is 12.0. The molecule has 1 aliphatic heterocycles. The van der Waals surface area contributed by atoms with Gasteiger partial charge in [0.2, 0.25) is 5.91 Å². The molecule has 4 aromatic rings. The van der Waals surface area contributed by atoms with Crippen molar-refractivity contribution in [1.82, 2.24) is 29.4 Å². The zero-order chi connectivity index (χ0) is 23.3. The number of aryl methyl sites for hydroxylation is 1. The number of carbonyl (C=O) groups excluding carboxylic acids is 1. The van der Waals surface area contributed by atoms with Gasteiger partial charge in [0.25, 0.3) is 0 Å². The van der Waals surface area contributed by atoms with Gasteiger partial charge in [0.05, 0.1) is 17.3 Å². The van der Waals surface area contributed by atoms with Crippen molar-refractivity contribution >= 4 is 22.6 Å². The summed E-state index contributed by atoms with van der Waals surface area (Å²) >= 11 is 0. The smallest absolute Gasteiger partial charge is 0.223 e. The van der Waals surface area contributed by atoms with Crippen LogP contribution in [0, 0.1) is 0 Å². The summed E-state index contributed by atoms with van der Waals surface area (Å²) in [5.41, 5.74) is 1.86. The van der Waals surface area contributed by atoms with E-state index in [1.165, 1.54) is 0 Å². The number of likely N-dealkylation sites (tertiary alicyclic amines) is 1. The Morgan fingerprint density at radius 3 is 2.94 bits per heavy atom. The fraction of sp³-hybridized carbons (Fsp3) is 0.346. The van der Waals surface area contributed by atoms with Crippen molar-refractivity contribution in [3.8, 4) is 5.82 Å². The summed E-state index contributed by atoms with van der Waals surface area (Å²) in [4.78, 5) is 33.1. The second-order valence-corrected chi connectivity index (χ2v) is 8.50. The Kier molecular flexibility index (Phi) is 6.46. The van der Waals surface area contributed by atoms with E-state index in [-0.39, 0.29) is 11.9 Å². The number of carbonyl (C=O) groups is 1. The molecular formula is C26H29N7O. The van der Waals surface area contributed by atoms with Gasteiger partial charge in [0.15, 0.2) is 0 Å². The van der Waals surface area contributed by atoms with Crippen molar-refractivity contribution in [2.24, 2.45) is 0 Å². The van der Waals surface area contributed by atoms with Gasteiger partial charge < -0.3 is 10.2 Å². The number of amides is 1. The molecule has 0 spiro atoms. The zero-order valence-electron chi connectivity index (χ0n) is 19.4. The molecule has 3 aromatic heterocycles. The molecule has 5 rings (SSSR count). The van der Waals surface area contributed by atoms with E-state index in [0.29, 0.717) is 13.0 Å². The number of para-hydroxylation sites is 1. The largest absolute Gasteiger partial charge is 0.369 e. The number of hydrogen-bond acceptors (Lipinski definition) is 6. The summed E-state index contributed by atoms with van der Waals surface area (Å²) in [6.07, 6.45) is 9.32. The first kappa shape index (κ1) is 22.0. The Morgan fingerprint density at radius 2 is 2.03 bits per heavy atom. The number of nitrogens with one attached hydrogen (secondary N) is 1. The molecule has 1 atom stereocenters. The van der Waals surface area contributed by atoms with Gasteiger partial charge in [0, 0.05) is 43.7 Å². The van der Waals surface area contributed by atoms with E-state index < -0.39 is 0 Å². The summed E-state index contributed by atoms with van der Waals surface area (Å²) in [7, 11) is 0. The molecule has 1 saturated heterocycles. The molecule has 1 N–H and O–H groups in total. The maximum absolute atomic E-state index is 13.1. The highest BCUT2D eigenvalue weighted by Gasteiger charge is 2.30. The van der Waals surface area contributed by atoms with Crippen LogP contribution in [0.3, 0.4) is 0 Å². The molecule has 1 aliphatic rings. The van der Waals surface area contributed by atoms with Gasteiger partial charge in [-0.1, -0.05) is 25.1 Å². The van der Waals surface area contributed by atoms with E-state index in [0.717, 1.165) is 66.3 Å². The normalized spacial score (nSPS) is 15.7. The average molecular weight is 456 g/mol.